The lowest BCUT2D eigenvalue weighted by Crippen LogP contribution is -2.57. The van der Waals surface area contributed by atoms with Gasteiger partial charge in [0.2, 0.25) is 0 Å². The van der Waals surface area contributed by atoms with E-state index >= 15 is 0 Å². The second kappa shape index (κ2) is 12.8. The zero-order valence-electron chi connectivity index (χ0n) is 24.3. The summed E-state index contributed by atoms with van der Waals surface area (Å²) in [7, 11) is 0. The number of amides is 1. The molecular formula is C32H48N4O4. The maximum absolute atomic E-state index is 13.3. The van der Waals surface area contributed by atoms with E-state index in [1.807, 2.05) is 6.92 Å². The van der Waals surface area contributed by atoms with Gasteiger partial charge >= 0.3 is 12.1 Å². The van der Waals surface area contributed by atoms with Gasteiger partial charge in [0, 0.05) is 37.8 Å². The molecule has 3 unspecified atom stereocenters. The molecule has 0 bridgehead atoms. The number of nitrogens with zero attached hydrogens (tertiary/aromatic N) is 4. The Balaban J connectivity index is 0.983. The van der Waals surface area contributed by atoms with Crippen LogP contribution in [-0.4, -0.2) is 108 Å². The van der Waals surface area contributed by atoms with Gasteiger partial charge in [-0.1, -0.05) is 30.3 Å². The number of benzene rings is 1. The van der Waals surface area contributed by atoms with Crippen molar-refractivity contribution in [1.82, 2.24) is 19.6 Å². The molecule has 4 saturated heterocycles. The number of hydrogen-bond acceptors (Lipinski definition) is 7. The molecule has 0 aromatic heterocycles. The topological polar surface area (TPSA) is 65.6 Å². The normalized spacial score (nSPS) is 30.3. The van der Waals surface area contributed by atoms with Crippen molar-refractivity contribution in [1.29, 1.82) is 0 Å². The summed E-state index contributed by atoms with van der Waals surface area (Å²) >= 11 is 0. The number of ether oxygens (including phenoxy) is 2. The number of esters is 1. The molecule has 4 aliphatic heterocycles. The van der Waals surface area contributed by atoms with Gasteiger partial charge in [-0.15, -0.1) is 0 Å². The molecule has 0 N–H and O–H groups in total. The van der Waals surface area contributed by atoms with Crippen LogP contribution in [0.3, 0.4) is 0 Å². The van der Waals surface area contributed by atoms with Crippen LogP contribution in [0.15, 0.2) is 30.3 Å². The van der Waals surface area contributed by atoms with Gasteiger partial charge in [-0.25, -0.2) is 4.79 Å². The van der Waals surface area contributed by atoms with Crippen molar-refractivity contribution in [3.05, 3.63) is 35.9 Å². The summed E-state index contributed by atoms with van der Waals surface area (Å²) in [5.74, 6) is -0.0364. The fraction of sp³-hybridized carbons (Fsp3) is 0.750. The van der Waals surface area contributed by atoms with Crippen molar-refractivity contribution in [2.45, 2.75) is 102 Å². The lowest BCUT2D eigenvalue weighted by Gasteiger charge is -2.46. The molecule has 4 heterocycles. The van der Waals surface area contributed by atoms with Gasteiger partial charge < -0.3 is 14.4 Å². The summed E-state index contributed by atoms with van der Waals surface area (Å²) in [6.45, 7) is 9.65. The Kier molecular flexibility index (Phi) is 8.94. The number of carbonyl (C=O) groups excluding carboxylic acids is 2. The number of piperidine rings is 3. The highest BCUT2D eigenvalue weighted by Gasteiger charge is 2.52. The van der Waals surface area contributed by atoms with Crippen molar-refractivity contribution in [2.75, 3.05) is 45.9 Å². The van der Waals surface area contributed by atoms with Gasteiger partial charge in [-0.2, -0.15) is 0 Å². The number of rotatable bonds is 7. The van der Waals surface area contributed by atoms with E-state index in [1.54, 1.807) is 0 Å². The Bertz CT molecular complexity index is 984. The number of carbonyl (C=O) groups is 2. The first-order valence-corrected chi connectivity index (χ1v) is 16.0. The molecule has 5 fully saturated rings. The fourth-order valence-electron chi connectivity index (χ4n) is 8.24. The van der Waals surface area contributed by atoms with Gasteiger partial charge in [-0.3, -0.25) is 19.5 Å². The van der Waals surface area contributed by atoms with Gasteiger partial charge in [0.1, 0.15) is 6.10 Å². The van der Waals surface area contributed by atoms with E-state index in [1.165, 1.54) is 31.5 Å². The third-order valence-electron chi connectivity index (χ3n) is 10.4. The van der Waals surface area contributed by atoms with Gasteiger partial charge in [-0.05, 0) is 96.5 Å². The fourth-order valence-corrected chi connectivity index (χ4v) is 8.24. The van der Waals surface area contributed by atoms with Crippen molar-refractivity contribution in [2.24, 2.45) is 5.92 Å². The molecule has 1 amide bonds. The van der Waals surface area contributed by atoms with E-state index in [0.29, 0.717) is 18.7 Å². The van der Waals surface area contributed by atoms with Crippen LogP contribution in [0.2, 0.25) is 0 Å². The Hall–Kier alpha value is -2.16. The summed E-state index contributed by atoms with van der Waals surface area (Å²) < 4.78 is 11.4. The molecule has 1 aliphatic carbocycles. The van der Waals surface area contributed by atoms with Crippen LogP contribution in [0.4, 0.5) is 4.79 Å². The van der Waals surface area contributed by atoms with E-state index in [2.05, 4.69) is 49.9 Å². The average molecular weight is 553 g/mol. The first kappa shape index (κ1) is 28.0. The summed E-state index contributed by atoms with van der Waals surface area (Å²) in [6, 6.07) is 12.3. The minimum atomic E-state index is -0.0871. The van der Waals surface area contributed by atoms with Gasteiger partial charge in [0.05, 0.1) is 18.6 Å². The zero-order valence-corrected chi connectivity index (χ0v) is 24.3. The minimum Gasteiger partial charge on any atom is -0.466 e. The predicted molar refractivity (Wildman–Crippen MR) is 154 cm³/mol. The van der Waals surface area contributed by atoms with Crippen molar-refractivity contribution in [3.8, 4) is 0 Å². The Morgan fingerprint density at radius 1 is 0.825 bits per heavy atom. The first-order chi connectivity index (χ1) is 19.6. The summed E-state index contributed by atoms with van der Waals surface area (Å²) in [5, 5.41) is 0. The van der Waals surface area contributed by atoms with Crippen LogP contribution >= 0.6 is 0 Å². The van der Waals surface area contributed by atoms with Crippen LogP contribution in [-0.2, 0) is 20.8 Å². The molecule has 0 spiro atoms. The Morgan fingerprint density at radius 2 is 1.48 bits per heavy atom. The van der Waals surface area contributed by atoms with Crippen LogP contribution in [0.1, 0.15) is 70.3 Å². The number of fused-ring (bicyclic) bond motifs is 1. The first-order valence-electron chi connectivity index (χ1n) is 16.0. The number of hydrogen-bond donors (Lipinski definition) is 0. The average Bonchev–Trinajstić information content (AvgIpc) is 3.34. The van der Waals surface area contributed by atoms with Crippen molar-refractivity contribution >= 4 is 12.1 Å². The highest BCUT2D eigenvalue weighted by molar-refractivity contribution is 5.72. The van der Waals surface area contributed by atoms with E-state index in [-0.39, 0.29) is 36.2 Å². The quantitative estimate of drug-likeness (QED) is 0.471. The molecule has 1 aromatic rings. The van der Waals surface area contributed by atoms with Gasteiger partial charge in [0.15, 0.2) is 0 Å². The number of likely N-dealkylation sites (tertiary alicyclic amines) is 3. The maximum Gasteiger partial charge on any atom is 0.410 e. The highest BCUT2D eigenvalue weighted by Crippen LogP contribution is 2.39. The van der Waals surface area contributed by atoms with Crippen LogP contribution < -0.4 is 0 Å². The van der Waals surface area contributed by atoms with Gasteiger partial charge in [0.25, 0.3) is 0 Å². The monoisotopic (exact) mass is 552 g/mol. The Labute approximate surface area is 239 Å². The minimum absolute atomic E-state index is 0.0134. The molecule has 8 nitrogen and oxygen atoms in total. The van der Waals surface area contributed by atoms with E-state index in [0.717, 1.165) is 77.7 Å². The van der Waals surface area contributed by atoms with E-state index in [9.17, 15) is 9.59 Å². The molecule has 40 heavy (non-hydrogen) atoms. The van der Waals surface area contributed by atoms with Crippen LogP contribution in [0.25, 0.3) is 0 Å². The largest absolute Gasteiger partial charge is 0.466 e. The smallest absolute Gasteiger partial charge is 0.410 e. The van der Waals surface area contributed by atoms with Crippen molar-refractivity contribution < 1.29 is 19.1 Å². The van der Waals surface area contributed by atoms with E-state index in [4.69, 9.17) is 9.47 Å². The molecule has 5 aliphatic rings. The SMILES string of the molecule is CCOC(=O)C1CCN(C2CCCC3C2OC(=O)N3C2CCN(C3CCN(Cc4ccccc4)CC3)CC2)CC1. The third kappa shape index (κ3) is 6.04. The molecule has 6 rings (SSSR count). The molecule has 1 saturated carbocycles. The molecule has 1 aromatic carbocycles. The molecular weight excluding hydrogens is 504 g/mol. The lowest BCUT2D eigenvalue weighted by molar-refractivity contribution is -0.150. The zero-order chi connectivity index (χ0) is 27.5. The molecule has 0 radical (unpaired) electrons. The van der Waals surface area contributed by atoms with Crippen molar-refractivity contribution in [3.63, 3.8) is 0 Å². The van der Waals surface area contributed by atoms with Crippen LogP contribution in [0, 0.1) is 5.92 Å². The summed E-state index contributed by atoms with van der Waals surface area (Å²) in [4.78, 5) is 35.4. The van der Waals surface area contributed by atoms with Crippen LogP contribution in [0.5, 0.6) is 0 Å². The second-order valence-electron chi connectivity index (χ2n) is 12.6. The molecule has 220 valence electrons. The summed E-state index contributed by atoms with van der Waals surface area (Å²) in [5.41, 5.74) is 1.41. The third-order valence-corrected chi connectivity index (χ3v) is 10.4. The molecule has 3 atom stereocenters. The van der Waals surface area contributed by atoms with E-state index < -0.39 is 0 Å². The molecule has 8 heteroatoms. The lowest BCUT2D eigenvalue weighted by atomic mass is 9.84. The standard InChI is InChI=1S/C32H48N4O4/c1-2-39-31(37)25-11-19-35(20-12-25)28-9-6-10-29-30(28)40-32(38)36(29)27-15-21-34(22-16-27)26-13-17-33(18-14-26)23-24-7-4-3-5-8-24/h3-5,7-8,25-30H,2,6,9-23H2,1H3. The predicted octanol–water partition coefficient (Wildman–Crippen LogP) is 4.13. The maximum atomic E-state index is 13.3. The Morgan fingerprint density at radius 3 is 2.17 bits per heavy atom. The second-order valence-corrected chi connectivity index (χ2v) is 12.6. The highest BCUT2D eigenvalue weighted by atomic mass is 16.6. The summed E-state index contributed by atoms with van der Waals surface area (Å²) in [6.07, 6.45) is 9.41.